The Hall–Kier alpha value is -12.7. The van der Waals surface area contributed by atoms with Gasteiger partial charge in [-0.1, -0.05) is 24.3 Å². The summed E-state index contributed by atoms with van der Waals surface area (Å²) in [5.41, 5.74) is -1.52. The second-order valence-corrected chi connectivity index (χ2v) is 22.1. The van der Waals surface area contributed by atoms with E-state index in [-0.39, 0.29) is 135 Å². The van der Waals surface area contributed by atoms with Crippen LogP contribution >= 0.6 is 0 Å². The Labute approximate surface area is 557 Å². The molecule has 500 valence electrons. The fourth-order valence-electron chi connectivity index (χ4n) is 11.2. The second-order valence-electron chi connectivity index (χ2n) is 22.1. The van der Waals surface area contributed by atoms with Crippen molar-refractivity contribution in [3.63, 3.8) is 0 Å². The highest BCUT2D eigenvalue weighted by atomic mass is 16.6. The van der Waals surface area contributed by atoms with Gasteiger partial charge in [-0.25, -0.2) is 0 Å². The van der Waals surface area contributed by atoms with E-state index in [9.17, 15) is 68.2 Å². The van der Waals surface area contributed by atoms with Crippen LogP contribution in [-0.2, 0) is 66.9 Å². The maximum Gasteiger partial charge on any atom is 0.308 e. The standard InChI is InChI=1S/C72H58N2O24/c1-35(75)89-51-23-15-47(16-24-51)55-33-67(93-39(5)79)63-29-59(55)71(97-43(9)83)61-27-57(53(31-65(61)91-37(3)77)45-11-19-49(20-12-45)73(85)86)70(96-42(8)82)64-30-60(56(34-68(64)94-40(6)80)48-17-25-52(26-18-48)90-36(2)76)72(98-44(10)84)62-28-58(69(63)95-41(7)81)54(32-66(62)92-38(4)78)46-13-21-50(22-14-46)74(87)88/h11-34,69-72H,1-10H3. The third kappa shape index (κ3) is 16.1. The number of esters is 10. The van der Waals surface area contributed by atoms with Crippen LogP contribution in [0.3, 0.4) is 0 Å². The lowest BCUT2D eigenvalue weighted by Crippen LogP contribution is -2.21. The van der Waals surface area contributed by atoms with E-state index in [0.29, 0.717) is 0 Å². The molecule has 4 unspecified atom stereocenters. The van der Waals surface area contributed by atoms with Gasteiger partial charge in [-0.05, 0) is 142 Å². The van der Waals surface area contributed by atoms with Gasteiger partial charge >= 0.3 is 59.7 Å². The molecular formula is C72H58N2O24. The van der Waals surface area contributed by atoms with E-state index < -0.39 is 94.0 Å². The monoisotopic (exact) mass is 1330 g/mol. The Kier molecular flexibility index (Phi) is 20.8. The highest BCUT2D eigenvalue weighted by Crippen LogP contribution is 2.53. The summed E-state index contributed by atoms with van der Waals surface area (Å²) in [4.78, 5) is 159. The van der Waals surface area contributed by atoms with Crippen molar-refractivity contribution >= 4 is 71.1 Å². The first-order valence-electron chi connectivity index (χ1n) is 29.6. The van der Waals surface area contributed by atoms with Gasteiger partial charge in [-0.15, -0.1) is 0 Å². The highest BCUT2D eigenvalue weighted by molar-refractivity contribution is 5.85. The summed E-state index contributed by atoms with van der Waals surface area (Å²) in [5, 5.41) is 24.4. The molecule has 9 rings (SSSR count). The van der Waals surface area contributed by atoms with Crippen molar-refractivity contribution in [2.75, 3.05) is 0 Å². The van der Waals surface area contributed by atoms with Crippen LogP contribution in [0.1, 0.15) is 138 Å². The van der Waals surface area contributed by atoms with E-state index in [1.165, 1.54) is 135 Å². The Morgan fingerprint density at radius 1 is 0.265 bits per heavy atom. The van der Waals surface area contributed by atoms with E-state index in [0.717, 1.165) is 79.7 Å². The zero-order chi connectivity index (χ0) is 71.1. The topological polar surface area (TPSA) is 349 Å². The molecule has 26 heteroatoms. The second kappa shape index (κ2) is 29.3. The SMILES string of the molecule is CC(=O)Oc1ccc(-c2cc(OC(C)=O)c3cc2C(OC(C)=O)c2cc(c(-c4ccc([N+](=O)[O-])cc4)cc2OC(C)=O)C(OC(C)=O)c2cc(c(-c4ccc(OC(C)=O)cc4)cc2OC(C)=O)C(OC(C)=O)c2cc(c(-c4ccc([N+](=O)[O-])cc4)cc2OC(C)=O)C3OC(C)=O)cc1. The quantitative estimate of drug-likeness (QED) is 0.0285. The molecule has 0 aromatic heterocycles. The van der Waals surface area contributed by atoms with E-state index in [4.69, 9.17) is 47.4 Å². The molecule has 0 heterocycles. The molecular weight excluding hydrogens is 1280 g/mol. The van der Waals surface area contributed by atoms with Crippen LogP contribution < -0.4 is 28.4 Å². The average molecular weight is 1340 g/mol. The molecule has 8 bridgehead atoms. The van der Waals surface area contributed by atoms with Crippen molar-refractivity contribution in [1.29, 1.82) is 0 Å². The average Bonchev–Trinajstić information content (AvgIpc) is 0.738. The van der Waals surface area contributed by atoms with Gasteiger partial charge in [0.05, 0.1) is 9.85 Å². The van der Waals surface area contributed by atoms with Gasteiger partial charge in [-0.3, -0.25) is 68.2 Å². The molecule has 0 amide bonds. The molecule has 8 aromatic carbocycles. The lowest BCUT2D eigenvalue weighted by molar-refractivity contribution is -0.385. The summed E-state index contributed by atoms with van der Waals surface area (Å²) >= 11 is 0. The van der Waals surface area contributed by atoms with Crippen molar-refractivity contribution in [2.24, 2.45) is 0 Å². The number of non-ortho nitro benzene ring substituents is 2. The molecule has 1 aliphatic carbocycles. The van der Waals surface area contributed by atoms with Gasteiger partial charge in [0, 0.05) is 138 Å². The van der Waals surface area contributed by atoms with Crippen LogP contribution in [0.2, 0.25) is 0 Å². The molecule has 26 nitrogen and oxygen atoms in total. The van der Waals surface area contributed by atoms with Crippen LogP contribution in [0.25, 0.3) is 44.5 Å². The van der Waals surface area contributed by atoms with Crippen LogP contribution in [0.4, 0.5) is 11.4 Å². The summed E-state index contributed by atoms with van der Waals surface area (Å²) in [7, 11) is 0. The zero-order valence-corrected chi connectivity index (χ0v) is 53.9. The number of benzene rings is 8. The summed E-state index contributed by atoms with van der Waals surface area (Å²) < 4.78 is 60.7. The largest absolute Gasteiger partial charge is 0.453 e. The van der Waals surface area contributed by atoms with E-state index in [1.54, 1.807) is 0 Å². The number of fused-ring (bicyclic) bond motifs is 8. The van der Waals surface area contributed by atoms with E-state index >= 15 is 0 Å². The Balaban J connectivity index is 1.62. The molecule has 0 radical (unpaired) electrons. The molecule has 0 saturated heterocycles. The van der Waals surface area contributed by atoms with Crippen LogP contribution in [0, 0.1) is 20.2 Å². The Morgan fingerprint density at radius 2 is 0.459 bits per heavy atom. The van der Waals surface area contributed by atoms with Crippen molar-refractivity contribution < 1.29 is 105 Å². The number of carbonyl (C=O) groups excluding carboxylic acids is 10. The first-order chi connectivity index (χ1) is 46.4. The molecule has 8 aromatic rings. The fraction of sp³-hybridized carbons (Fsp3) is 0.194. The molecule has 98 heavy (non-hydrogen) atoms. The summed E-state index contributed by atoms with van der Waals surface area (Å²) in [6, 6.07) is 32.0. The van der Waals surface area contributed by atoms with Crippen molar-refractivity contribution in [3.05, 3.63) is 210 Å². The van der Waals surface area contributed by atoms with Crippen molar-refractivity contribution in [1.82, 2.24) is 0 Å². The molecule has 4 atom stereocenters. The Morgan fingerprint density at radius 3 is 0.633 bits per heavy atom. The number of rotatable bonds is 16. The number of carbonyl (C=O) groups is 10. The summed E-state index contributed by atoms with van der Waals surface area (Å²) in [5.74, 6) is -10.6. The lowest BCUT2D eigenvalue weighted by atomic mass is 9.81. The predicted octanol–water partition coefficient (Wildman–Crippen LogP) is 12.6. The number of nitro benzene ring substituents is 2. The number of nitro groups is 2. The third-order valence-electron chi connectivity index (χ3n) is 14.8. The first-order valence-corrected chi connectivity index (χ1v) is 29.6. The minimum Gasteiger partial charge on any atom is -0.453 e. The molecule has 1 aliphatic rings. The van der Waals surface area contributed by atoms with Gasteiger partial charge in [0.15, 0.2) is 24.4 Å². The zero-order valence-electron chi connectivity index (χ0n) is 53.9. The molecule has 0 aliphatic heterocycles. The predicted molar refractivity (Wildman–Crippen MR) is 343 cm³/mol. The number of nitrogens with zero attached hydrogens (tertiary/aromatic N) is 2. The maximum atomic E-state index is 14.2. The van der Waals surface area contributed by atoms with Crippen LogP contribution in [-0.4, -0.2) is 69.5 Å². The molecule has 0 fully saturated rings. The Bertz CT molecular complexity index is 4320. The van der Waals surface area contributed by atoms with E-state index in [2.05, 4.69) is 0 Å². The number of ether oxygens (including phenoxy) is 10. The normalized spacial score (nSPS) is 14.4. The summed E-state index contributed by atoms with van der Waals surface area (Å²) in [6.45, 7) is 10.7. The van der Waals surface area contributed by atoms with Crippen molar-refractivity contribution in [3.8, 4) is 79.0 Å². The lowest BCUT2D eigenvalue weighted by Gasteiger charge is -2.31. The van der Waals surface area contributed by atoms with Crippen molar-refractivity contribution in [2.45, 2.75) is 93.7 Å². The number of hydrogen-bond donors (Lipinski definition) is 0. The minimum atomic E-state index is -1.91. The van der Waals surface area contributed by atoms with Gasteiger partial charge < -0.3 is 47.4 Å². The molecule has 0 spiro atoms. The van der Waals surface area contributed by atoms with E-state index in [1.807, 2.05) is 0 Å². The fourth-order valence-corrected chi connectivity index (χ4v) is 11.2. The van der Waals surface area contributed by atoms with Gasteiger partial charge in [-0.2, -0.15) is 0 Å². The summed E-state index contributed by atoms with van der Waals surface area (Å²) in [6.07, 6.45) is -7.60. The van der Waals surface area contributed by atoms with Crippen LogP contribution in [0.5, 0.6) is 34.5 Å². The first kappa shape index (κ1) is 69.6. The van der Waals surface area contributed by atoms with Gasteiger partial charge in [0.25, 0.3) is 11.4 Å². The number of hydrogen-bond acceptors (Lipinski definition) is 24. The maximum absolute atomic E-state index is 14.2. The molecule has 0 saturated carbocycles. The highest BCUT2D eigenvalue weighted by Gasteiger charge is 2.39. The van der Waals surface area contributed by atoms with Gasteiger partial charge in [0.1, 0.15) is 34.5 Å². The molecule has 0 N–H and O–H groups in total. The van der Waals surface area contributed by atoms with Crippen LogP contribution in [0.15, 0.2) is 146 Å². The third-order valence-corrected chi connectivity index (χ3v) is 14.8. The minimum absolute atomic E-state index is 0.0171. The smallest absolute Gasteiger partial charge is 0.308 e. The van der Waals surface area contributed by atoms with Gasteiger partial charge in [0.2, 0.25) is 0 Å².